The zero-order chi connectivity index (χ0) is 21.5. The Morgan fingerprint density at radius 2 is 1.82 bits per heavy atom. The number of aryl methyl sites for hydroxylation is 1. The summed E-state index contributed by atoms with van der Waals surface area (Å²) in [6.07, 6.45) is -10.1. The molecule has 7 nitrogen and oxygen atoms in total. The second-order valence-electron chi connectivity index (χ2n) is 6.62. The van der Waals surface area contributed by atoms with Crippen molar-refractivity contribution in [3.8, 4) is 5.88 Å². The highest BCUT2D eigenvalue weighted by molar-refractivity contribution is 8.05. The molecule has 160 valence electrons. The molecule has 0 aromatic carbocycles. The van der Waals surface area contributed by atoms with Gasteiger partial charge in [-0.25, -0.2) is 13.1 Å². The molecular formula is C14H17F6N3O4S. The van der Waals surface area contributed by atoms with Gasteiger partial charge in [0.2, 0.25) is 5.88 Å². The van der Waals surface area contributed by atoms with Crippen molar-refractivity contribution in [2.45, 2.75) is 57.4 Å². The number of halogens is 6. The minimum absolute atomic E-state index is 0.197. The fraction of sp³-hybridized carbons (Fsp3) is 0.714. The Labute approximate surface area is 156 Å². The Morgan fingerprint density at radius 1 is 1.21 bits per heavy atom. The van der Waals surface area contributed by atoms with Crippen molar-refractivity contribution in [3.05, 3.63) is 11.3 Å². The lowest BCUT2D eigenvalue weighted by Crippen LogP contribution is -2.24. The fourth-order valence-electron chi connectivity index (χ4n) is 2.41. The lowest BCUT2D eigenvalue weighted by atomic mass is 10.1. The summed E-state index contributed by atoms with van der Waals surface area (Å²) in [6.45, 7) is 2.19. The number of alkyl halides is 6. The van der Waals surface area contributed by atoms with E-state index < -0.39 is 62.3 Å². The van der Waals surface area contributed by atoms with Crippen LogP contribution in [-0.2, 0) is 33.1 Å². The van der Waals surface area contributed by atoms with Crippen molar-refractivity contribution in [1.29, 1.82) is 0 Å². The highest BCUT2D eigenvalue weighted by Gasteiger charge is 2.44. The first-order valence-electron chi connectivity index (χ1n) is 7.90. The second-order valence-corrected chi connectivity index (χ2v) is 8.61. The Bertz CT molecular complexity index is 871. The second kappa shape index (κ2) is 7.12. The molecule has 14 heteroatoms. The Morgan fingerprint density at radius 3 is 2.25 bits per heavy atom. The van der Waals surface area contributed by atoms with Gasteiger partial charge in [-0.05, 0) is 20.8 Å². The largest absolute Gasteiger partial charge is 0.468 e. The molecule has 0 aliphatic carbocycles. The van der Waals surface area contributed by atoms with Gasteiger partial charge in [-0.2, -0.15) is 31.4 Å². The van der Waals surface area contributed by atoms with Gasteiger partial charge in [-0.15, -0.1) is 0 Å². The molecular weight excluding hydrogens is 420 g/mol. The fourth-order valence-corrected chi connectivity index (χ4v) is 3.94. The summed E-state index contributed by atoms with van der Waals surface area (Å²) in [7, 11) is -4.43. The van der Waals surface area contributed by atoms with Gasteiger partial charge >= 0.3 is 12.4 Å². The molecule has 0 saturated heterocycles. The molecule has 0 atom stereocenters. The van der Waals surface area contributed by atoms with Crippen LogP contribution < -0.4 is 4.74 Å². The lowest BCUT2D eigenvalue weighted by molar-refractivity contribution is -0.154. The summed E-state index contributed by atoms with van der Waals surface area (Å²) in [5.41, 5.74) is -3.61. The SMILES string of the molecule is CCn1nc(C(F)(F)F)c(CS(=O)(=O)C2=NOC(C)(C)C2)c1OCC(F)(F)F. The molecule has 2 rings (SSSR count). The van der Waals surface area contributed by atoms with Crippen LogP contribution in [0, 0.1) is 0 Å². The first-order valence-corrected chi connectivity index (χ1v) is 9.55. The number of hydrogen-bond donors (Lipinski definition) is 0. The number of nitrogens with zero attached hydrogens (tertiary/aromatic N) is 3. The monoisotopic (exact) mass is 437 g/mol. The van der Waals surface area contributed by atoms with Crippen molar-refractivity contribution in [2.24, 2.45) is 5.16 Å². The summed E-state index contributed by atoms with van der Waals surface area (Å²) >= 11 is 0. The molecule has 28 heavy (non-hydrogen) atoms. The molecule has 0 fully saturated rings. The average Bonchev–Trinajstić information content (AvgIpc) is 3.04. The van der Waals surface area contributed by atoms with Crippen LogP contribution in [0.2, 0.25) is 0 Å². The van der Waals surface area contributed by atoms with Gasteiger partial charge in [0.1, 0.15) is 5.60 Å². The van der Waals surface area contributed by atoms with Gasteiger partial charge in [0, 0.05) is 13.0 Å². The lowest BCUT2D eigenvalue weighted by Gasteiger charge is -2.14. The van der Waals surface area contributed by atoms with E-state index in [-0.39, 0.29) is 13.0 Å². The normalized spacial score (nSPS) is 17.4. The third-order valence-corrected chi connectivity index (χ3v) is 5.21. The molecule has 0 spiro atoms. The van der Waals surface area contributed by atoms with Crippen molar-refractivity contribution >= 4 is 14.9 Å². The smallest absolute Gasteiger partial charge is 0.435 e. The quantitative estimate of drug-likeness (QED) is 0.661. The van der Waals surface area contributed by atoms with Crippen molar-refractivity contribution in [3.63, 3.8) is 0 Å². The van der Waals surface area contributed by atoms with E-state index in [4.69, 9.17) is 4.84 Å². The van der Waals surface area contributed by atoms with Gasteiger partial charge in [0.05, 0.1) is 11.3 Å². The molecule has 0 N–H and O–H groups in total. The zero-order valence-electron chi connectivity index (χ0n) is 15.0. The third-order valence-electron chi connectivity index (χ3n) is 3.60. The first-order chi connectivity index (χ1) is 12.6. The van der Waals surface area contributed by atoms with Crippen LogP contribution in [0.4, 0.5) is 26.3 Å². The predicted molar refractivity (Wildman–Crippen MR) is 84.3 cm³/mol. The van der Waals surface area contributed by atoms with E-state index in [1.54, 1.807) is 0 Å². The average molecular weight is 437 g/mol. The number of oxime groups is 1. The van der Waals surface area contributed by atoms with Crippen LogP contribution in [0.25, 0.3) is 0 Å². The van der Waals surface area contributed by atoms with Crippen LogP contribution in [0.15, 0.2) is 5.16 Å². The van der Waals surface area contributed by atoms with E-state index in [1.165, 1.54) is 20.8 Å². The Balaban J connectivity index is 2.49. The molecule has 0 radical (unpaired) electrons. The van der Waals surface area contributed by atoms with Gasteiger partial charge in [0.15, 0.2) is 27.2 Å². The maximum Gasteiger partial charge on any atom is 0.435 e. The summed E-state index contributed by atoms with van der Waals surface area (Å²) in [4.78, 5) is 4.91. The number of sulfone groups is 1. The van der Waals surface area contributed by atoms with Crippen molar-refractivity contribution in [2.75, 3.05) is 6.61 Å². The van der Waals surface area contributed by atoms with Crippen molar-refractivity contribution in [1.82, 2.24) is 9.78 Å². The Kier molecular flexibility index (Phi) is 5.67. The molecule has 1 aromatic heterocycles. The van der Waals surface area contributed by atoms with Gasteiger partial charge in [0.25, 0.3) is 0 Å². The number of hydrogen-bond acceptors (Lipinski definition) is 6. The van der Waals surface area contributed by atoms with E-state index in [2.05, 4.69) is 15.0 Å². The molecule has 1 aromatic rings. The summed E-state index contributed by atoms with van der Waals surface area (Å²) < 4.78 is 108. The number of aromatic nitrogens is 2. The molecule has 0 unspecified atom stereocenters. The third kappa shape index (κ3) is 5.08. The molecule has 0 bridgehead atoms. The standard InChI is InChI=1S/C14H17F6N3O4S/c1-4-23-11(26-7-13(15,16)17)8(10(21-23)14(18,19)20)6-28(24,25)9-5-12(2,3)27-22-9/h4-7H2,1-3H3. The molecule has 0 amide bonds. The maximum absolute atomic E-state index is 13.3. The molecule has 2 heterocycles. The molecule has 0 saturated carbocycles. The van der Waals surface area contributed by atoms with E-state index in [9.17, 15) is 34.8 Å². The molecule has 1 aliphatic heterocycles. The minimum Gasteiger partial charge on any atom is -0.468 e. The zero-order valence-corrected chi connectivity index (χ0v) is 15.8. The predicted octanol–water partition coefficient (Wildman–Crippen LogP) is 3.29. The van der Waals surface area contributed by atoms with E-state index in [0.29, 0.717) is 4.68 Å². The van der Waals surface area contributed by atoms with Gasteiger partial charge in [-0.3, -0.25) is 0 Å². The van der Waals surface area contributed by atoms with Gasteiger partial charge in [-0.1, -0.05) is 5.16 Å². The van der Waals surface area contributed by atoms with Crippen LogP contribution in [0.3, 0.4) is 0 Å². The molecule has 1 aliphatic rings. The first kappa shape index (κ1) is 22.3. The topological polar surface area (TPSA) is 82.8 Å². The van der Waals surface area contributed by atoms with E-state index >= 15 is 0 Å². The van der Waals surface area contributed by atoms with E-state index in [1.807, 2.05) is 0 Å². The highest BCUT2D eigenvalue weighted by Crippen LogP contribution is 2.38. The summed E-state index contributed by atoms with van der Waals surface area (Å²) in [6, 6.07) is 0. The van der Waals surface area contributed by atoms with E-state index in [0.717, 1.165) is 0 Å². The Hall–Kier alpha value is -1.99. The van der Waals surface area contributed by atoms with Crippen LogP contribution in [0.5, 0.6) is 5.88 Å². The van der Waals surface area contributed by atoms with Crippen molar-refractivity contribution < 1.29 is 44.3 Å². The summed E-state index contributed by atoms with van der Waals surface area (Å²) in [5.74, 6) is -2.19. The van der Waals surface area contributed by atoms with Crippen LogP contribution in [0.1, 0.15) is 38.4 Å². The number of rotatable bonds is 5. The summed E-state index contributed by atoms with van der Waals surface area (Å²) in [5, 5.41) is 6.09. The minimum atomic E-state index is -5.10. The maximum atomic E-state index is 13.3. The van der Waals surface area contributed by atoms with Gasteiger partial charge < -0.3 is 9.57 Å². The van der Waals surface area contributed by atoms with Crippen LogP contribution >= 0.6 is 0 Å². The highest BCUT2D eigenvalue weighted by atomic mass is 32.2. The van der Waals surface area contributed by atoms with Crippen LogP contribution in [-0.4, -0.2) is 41.6 Å². The number of ether oxygens (including phenoxy) is 1.